The van der Waals surface area contributed by atoms with E-state index in [0.717, 1.165) is 5.75 Å². The summed E-state index contributed by atoms with van der Waals surface area (Å²) < 4.78 is 5.73. The Kier molecular flexibility index (Phi) is 6.45. The molecule has 25 heavy (non-hydrogen) atoms. The highest BCUT2D eigenvalue weighted by molar-refractivity contribution is 5.78. The lowest BCUT2D eigenvalue weighted by atomic mass is 9.87. The van der Waals surface area contributed by atoms with Crippen LogP contribution in [0.4, 0.5) is 0 Å². The van der Waals surface area contributed by atoms with Gasteiger partial charge >= 0.3 is 0 Å². The van der Waals surface area contributed by atoms with Crippen molar-refractivity contribution < 1.29 is 14.3 Å². The van der Waals surface area contributed by atoms with Crippen LogP contribution in [0, 0.1) is 5.92 Å². The summed E-state index contributed by atoms with van der Waals surface area (Å²) in [6.45, 7) is 8.32. The summed E-state index contributed by atoms with van der Waals surface area (Å²) in [6.07, 6.45) is 2.52. The van der Waals surface area contributed by atoms with Gasteiger partial charge in [0.05, 0.1) is 6.61 Å². The summed E-state index contributed by atoms with van der Waals surface area (Å²) >= 11 is 0. The highest BCUT2D eigenvalue weighted by atomic mass is 16.5. The van der Waals surface area contributed by atoms with Crippen LogP contribution in [-0.4, -0.2) is 36.4 Å². The van der Waals surface area contributed by atoms with E-state index in [0.29, 0.717) is 45.4 Å². The first kappa shape index (κ1) is 19.3. The van der Waals surface area contributed by atoms with Crippen LogP contribution in [-0.2, 0) is 15.0 Å². The molecule has 0 aromatic heterocycles. The Labute approximate surface area is 150 Å². The zero-order valence-corrected chi connectivity index (χ0v) is 15.6. The van der Waals surface area contributed by atoms with Gasteiger partial charge in [-0.3, -0.25) is 9.59 Å². The normalized spacial score (nSPS) is 15.9. The van der Waals surface area contributed by atoms with Gasteiger partial charge in [0.2, 0.25) is 11.8 Å². The molecule has 2 rings (SSSR count). The van der Waals surface area contributed by atoms with Crippen molar-refractivity contribution in [1.29, 1.82) is 0 Å². The largest absolute Gasteiger partial charge is 0.494 e. The molecule has 1 aliphatic rings. The van der Waals surface area contributed by atoms with E-state index in [1.165, 1.54) is 5.56 Å². The van der Waals surface area contributed by atoms with Crippen LogP contribution in [0.2, 0.25) is 0 Å². The van der Waals surface area contributed by atoms with Crippen molar-refractivity contribution in [3.05, 3.63) is 29.8 Å². The van der Waals surface area contributed by atoms with Gasteiger partial charge in [-0.05, 0) is 42.4 Å². The molecule has 1 fully saturated rings. The Morgan fingerprint density at radius 3 is 2.28 bits per heavy atom. The summed E-state index contributed by atoms with van der Waals surface area (Å²) in [6, 6.07) is 8.14. The average Bonchev–Trinajstić information content (AvgIpc) is 2.58. The van der Waals surface area contributed by atoms with Crippen molar-refractivity contribution in [3.8, 4) is 5.75 Å². The lowest BCUT2D eigenvalue weighted by Crippen LogP contribution is -2.41. The smallest absolute Gasteiger partial charge is 0.222 e. The van der Waals surface area contributed by atoms with E-state index in [2.05, 4.69) is 32.9 Å². The molecule has 1 heterocycles. The molecule has 0 unspecified atom stereocenters. The molecule has 0 saturated carbocycles. The molecule has 0 bridgehead atoms. The quantitative estimate of drug-likeness (QED) is 0.805. The average molecular weight is 346 g/mol. The van der Waals surface area contributed by atoms with Gasteiger partial charge in [0, 0.05) is 25.4 Å². The number of amides is 2. The molecule has 2 amide bonds. The molecule has 5 nitrogen and oxygen atoms in total. The van der Waals surface area contributed by atoms with Gasteiger partial charge in [-0.2, -0.15) is 0 Å². The van der Waals surface area contributed by atoms with Crippen molar-refractivity contribution in [2.75, 3.05) is 19.7 Å². The second kappa shape index (κ2) is 8.37. The highest BCUT2D eigenvalue weighted by Crippen LogP contribution is 2.24. The van der Waals surface area contributed by atoms with E-state index in [1.807, 2.05) is 17.0 Å². The topological polar surface area (TPSA) is 72.6 Å². The highest BCUT2D eigenvalue weighted by Gasteiger charge is 2.25. The van der Waals surface area contributed by atoms with E-state index in [9.17, 15) is 9.59 Å². The summed E-state index contributed by atoms with van der Waals surface area (Å²) in [5.74, 6) is 0.638. The van der Waals surface area contributed by atoms with Crippen LogP contribution in [0.15, 0.2) is 24.3 Å². The number of nitrogens with two attached hydrogens (primary N) is 1. The van der Waals surface area contributed by atoms with Crippen molar-refractivity contribution >= 4 is 11.8 Å². The van der Waals surface area contributed by atoms with Crippen LogP contribution in [0.3, 0.4) is 0 Å². The van der Waals surface area contributed by atoms with Crippen LogP contribution in [0.1, 0.15) is 52.0 Å². The van der Waals surface area contributed by atoms with Crippen LogP contribution < -0.4 is 10.5 Å². The third-order valence-corrected chi connectivity index (χ3v) is 4.77. The van der Waals surface area contributed by atoms with Crippen molar-refractivity contribution in [3.63, 3.8) is 0 Å². The summed E-state index contributed by atoms with van der Waals surface area (Å²) in [4.78, 5) is 25.2. The van der Waals surface area contributed by atoms with Gasteiger partial charge in [0.15, 0.2) is 0 Å². The Morgan fingerprint density at radius 2 is 1.76 bits per heavy atom. The number of hydrogen-bond acceptors (Lipinski definition) is 3. The van der Waals surface area contributed by atoms with Crippen molar-refractivity contribution in [2.45, 2.75) is 51.9 Å². The predicted octanol–water partition coefficient (Wildman–Crippen LogP) is 2.87. The number of carbonyl (C=O) groups excluding carboxylic acids is 2. The van der Waals surface area contributed by atoms with E-state index < -0.39 is 0 Å². The van der Waals surface area contributed by atoms with Gasteiger partial charge in [0.1, 0.15) is 5.75 Å². The van der Waals surface area contributed by atoms with Crippen LogP contribution >= 0.6 is 0 Å². The third kappa shape index (κ3) is 5.76. The summed E-state index contributed by atoms with van der Waals surface area (Å²) in [7, 11) is 0. The SMILES string of the molecule is CC(C)(C)c1ccc(OCCCC(=O)N2CCC(C(N)=O)CC2)cc1. The Hall–Kier alpha value is -2.04. The number of carbonyl (C=O) groups is 2. The molecule has 2 N–H and O–H groups in total. The van der Waals surface area contributed by atoms with Gasteiger partial charge in [-0.25, -0.2) is 0 Å². The fraction of sp³-hybridized carbons (Fsp3) is 0.600. The molecule has 0 aliphatic carbocycles. The molecule has 0 radical (unpaired) electrons. The van der Waals surface area contributed by atoms with Gasteiger partial charge in [-0.15, -0.1) is 0 Å². The minimum Gasteiger partial charge on any atom is -0.494 e. The van der Waals surface area contributed by atoms with Crippen molar-refractivity contribution in [2.24, 2.45) is 11.7 Å². The number of likely N-dealkylation sites (tertiary alicyclic amines) is 1. The van der Waals surface area contributed by atoms with E-state index >= 15 is 0 Å². The minimum atomic E-state index is -0.252. The first-order valence-corrected chi connectivity index (χ1v) is 9.08. The fourth-order valence-electron chi connectivity index (χ4n) is 3.04. The molecular weight excluding hydrogens is 316 g/mol. The summed E-state index contributed by atoms with van der Waals surface area (Å²) in [5, 5.41) is 0. The molecule has 138 valence electrons. The lowest BCUT2D eigenvalue weighted by Gasteiger charge is -2.30. The Morgan fingerprint density at radius 1 is 1.16 bits per heavy atom. The number of rotatable bonds is 6. The number of hydrogen-bond donors (Lipinski definition) is 1. The summed E-state index contributed by atoms with van der Waals surface area (Å²) in [5.41, 5.74) is 6.72. The molecule has 5 heteroatoms. The first-order valence-electron chi connectivity index (χ1n) is 9.08. The molecule has 1 aromatic rings. The lowest BCUT2D eigenvalue weighted by molar-refractivity contribution is -0.135. The predicted molar refractivity (Wildman–Crippen MR) is 98.4 cm³/mol. The Bertz CT molecular complexity index is 582. The minimum absolute atomic E-state index is 0.0801. The molecule has 0 atom stereocenters. The maximum atomic E-state index is 12.2. The van der Waals surface area contributed by atoms with E-state index in [4.69, 9.17) is 10.5 Å². The monoisotopic (exact) mass is 346 g/mol. The maximum absolute atomic E-state index is 12.2. The molecule has 1 saturated heterocycles. The van der Waals surface area contributed by atoms with Gasteiger partial charge in [0.25, 0.3) is 0 Å². The second-order valence-electron chi connectivity index (χ2n) is 7.78. The zero-order chi connectivity index (χ0) is 18.4. The molecule has 1 aromatic carbocycles. The van der Waals surface area contributed by atoms with Crippen molar-refractivity contribution in [1.82, 2.24) is 4.90 Å². The first-order chi connectivity index (χ1) is 11.8. The standard InChI is InChI=1S/C20H30N2O3/c1-20(2,3)16-6-8-17(9-7-16)25-14-4-5-18(23)22-12-10-15(11-13-22)19(21)24/h6-9,15H,4-5,10-14H2,1-3H3,(H2,21,24). The van der Waals surface area contributed by atoms with E-state index in [1.54, 1.807) is 0 Å². The molecule has 1 aliphatic heterocycles. The maximum Gasteiger partial charge on any atom is 0.222 e. The Balaban J connectivity index is 1.67. The second-order valence-corrected chi connectivity index (χ2v) is 7.78. The molecule has 0 spiro atoms. The fourth-order valence-corrected chi connectivity index (χ4v) is 3.04. The number of primary amides is 1. The number of benzene rings is 1. The molecular formula is C20H30N2O3. The van der Waals surface area contributed by atoms with E-state index in [-0.39, 0.29) is 23.1 Å². The van der Waals surface area contributed by atoms with Gasteiger partial charge in [-0.1, -0.05) is 32.9 Å². The van der Waals surface area contributed by atoms with Crippen LogP contribution in [0.25, 0.3) is 0 Å². The zero-order valence-electron chi connectivity index (χ0n) is 15.6. The number of piperidine rings is 1. The van der Waals surface area contributed by atoms with Gasteiger partial charge < -0.3 is 15.4 Å². The number of nitrogens with zero attached hydrogens (tertiary/aromatic N) is 1. The third-order valence-electron chi connectivity index (χ3n) is 4.77. The van der Waals surface area contributed by atoms with Crippen LogP contribution in [0.5, 0.6) is 5.75 Å². The number of ether oxygens (including phenoxy) is 1.